The van der Waals surface area contributed by atoms with Gasteiger partial charge < -0.3 is 15.2 Å². The first kappa shape index (κ1) is 17.1. The molecule has 138 valence electrons. The number of rotatable bonds is 5. The largest absolute Gasteiger partial charge is 0.508 e. The van der Waals surface area contributed by atoms with Gasteiger partial charge in [0.15, 0.2) is 5.83 Å². The summed E-state index contributed by atoms with van der Waals surface area (Å²) in [6, 6.07) is 10.7. The lowest BCUT2D eigenvalue weighted by molar-refractivity contribution is -0.120. The fourth-order valence-electron chi connectivity index (χ4n) is 3.16. The maximum atomic E-state index is 12.8. The van der Waals surface area contributed by atoms with E-state index in [1.54, 1.807) is 18.3 Å². The lowest BCUT2D eigenvalue weighted by Gasteiger charge is -2.35. The predicted molar refractivity (Wildman–Crippen MR) is 99.0 cm³/mol. The van der Waals surface area contributed by atoms with E-state index in [4.69, 9.17) is 4.74 Å². The van der Waals surface area contributed by atoms with Crippen molar-refractivity contribution < 1.29 is 19.0 Å². The van der Waals surface area contributed by atoms with Crippen LogP contribution in [0.2, 0.25) is 0 Å². The van der Waals surface area contributed by atoms with E-state index in [1.165, 1.54) is 0 Å². The van der Waals surface area contributed by atoms with Crippen molar-refractivity contribution in [1.29, 1.82) is 0 Å². The fourth-order valence-corrected chi connectivity index (χ4v) is 3.16. The zero-order valence-electron chi connectivity index (χ0n) is 14.4. The number of benzene rings is 2. The van der Waals surface area contributed by atoms with Crippen molar-refractivity contribution in [2.24, 2.45) is 0 Å². The van der Waals surface area contributed by atoms with Gasteiger partial charge in [-0.25, -0.2) is 4.39 Å². The fraction of sp³-hybridized carbons (Fsp3) is 0.200. The number of phenols is 1. The molecule has 0 saturated heterocycles. The van der Waals surface area contributed by atoms with Crippen LogP contribution in [0, 0.1) is 0 Å². The van der Waals surface area contributed by atoms with Crippen molar-refractivity contribution in [2.45, 2.75) is 25.0 Å². The molecule has 1 aliphatic rings. The summed E-state index contributed by atoms with van der Waals surface area (Å²) in [7, 11) is 0. The third-order valence-electron chi connectivity index (χ3n) is 4.69. The number of aromatic nitrogens is 2. The van der Waals surface area contributed by atoms with E-state index in [9.17, 15) is 14.3 Å². The van der Waals surface area contributed by atoms with Gasteiger partial charge in [0, 0.05) is 18.9 Å². The summed E-state index contributed by atoms with van der Waals surface area (Å²) in [5.41, 5.74) is 2.71. The molecule has 1 saturated carbocycles. The number of nitrogens with one attached hydrogen (secondary N) is 2. The van der Waals surface area contributed by atoms with Gasteiger partial charge in [0.05, 0.1) is 17.1 Å². The number of phenolic OH excluding ortho intramolecular Hbond substituents is 1. The Bertz CT molecular complexity index is 1010. The predicted octanol–water partition coefficient (Wildman–Crippen LogP) is 3.44. The highest BCUT2D eigenvalue weighted by molar-refractivity contribution is 5.91. The van der Waals surface area contributed by atoms with Crippen LogP contribution in [-0.2, 0) is 4.79 Å². The monoisotopic (exact) mass is 367 g/mol. The number of hydrogen-bond donors (Lipinski definition) is 3. The zero-order chi connectivity index (χ0) is 19.0. The molecule has 0 bridgehead atoms. The highest BCUT2D eigenvalue weighted by Gasteiger charge is 2.33. The molecule has 0 atom stereocenters. The molecule has 3 N–H and O–H groups in total. The van der Waals surface area contributed by atoms with Gasteiger partial charge in [0.1, 0.15) is 17.6 Å². The highest BCUT2D eigenvalue weighted by Crippen LogP contribution is 2.35. The van der Waals surface area contributed by atoms with Gasteiger partial charge in [-0.1, -0.05) is 18.7 Å². The number of hydrogen-bond acceptors (Lipinski definition) is 4. The van der Waals surface area contributed by atoms with Gasteiger partial charge in [-0.05, 0) is 35.4 Å². The van der Waals surface area contributed by atoms with Gasteiger partial charge in [-0.3, -0.25) is 9.89 Å². The minimum atomic E-state index is -0.985. The molecule has 0 radical (unpaired) electrons. The average Bonchev–Trinajstić information content (AvgIpc) is 3.09. The van der Waals surface area contributed by atoms with Crippen LogP contribution in [0.15, 0.2) is 55.0 Å². The summed E-state index contributed by atoms with van der Waals surface area (Å²) < 4.78 is 18.9. The molecule has 3 aromatic rings. The summed E-state index contributed by atoms with van der Waals surface area (Å²) in [6.07, 6.45) is 2.83. The number of nitrogens with zero attached hydrogens (tertiary/aromatic N) is 1. The molecule has 0 aliphatic heterocycles. The van der Waals surface area contributed by atoms with Crippen molar-refractivity contribution in [1.82, 2.24) is 15.5 Å². The lowest BCUT2D eigenvalue weighted by atomic mass is 9.89. The van der Waals surface area contributed by atoms with Crippen molar-refractivity contribution in [3.63, 3.8) is 0 Å². The van der Waals surface area contributed by atoms with Crippen LogP contribution in [0.5, 0.6) is 11.5 Å². The number of carbonyl (C=O) groups is 1. The minimum absolute atomic E-state index is 0.0728. The minimum Gasteiger partial charge on any atom is -0.508 e. The molecule has 7 heteroatoms. The second kappa shape index (κ2) is 6.75. The van der Waals surface area contributed by atoms with E-state index >= 15 is 0 Å². The molecule has 1 amide bonds. The molecule has 27 heavy (non-hydrogen) atoms. The van der Waals surface area contributed by atoms with E-state index in [2.05, 4.69) is 22.1 Å². The Morgan fingerprint density at radius 2 is 2.00 bits per heavy atom. The third-order valence-corrected chi connectivity index (χ3v) is 4.69. The lowest BCUT2D eigenvalue weighted by Crippen LogP contribution is -2.49. The van der Waals surface area contributed by atoms with Crippen LogP contribution in [0.25, 0.3) is 22.0 Å². The molecular formula is C20H18FN3O3. The molecular weight excluding hydrogens is 349 g/mol. The molecule has 0 unspecified atom stereocenters. The normalized spacial score (nSPS) is 18.7. The van der Waals surface area contributed by atoms with E-state index in [1.807, 2.05) is 24.3 Å². The molecule has 6 nitrogen and oxygen atoms in total. The number of halogens is 1. The van der Waals surface area contributed by atoms with Crippen molar-refractivity contribution in [2.75, 3.05) is 0 Å². The topological polar surface area (TPSA) is 87.2 Å². The maximum Gasteiger partial charge on any atom is 0.279 e. The summed E-state index contributed by atoms with van der Waals surface area (Å²) in [4.78, 5) is 11.3. The van der Waals surface area contributed by atoms with Crippen LogP contribution in [-0.4, -0.2) is 33.4 Å². The average molecular weight is 367 g/mol. The first-order valence-electron chi connectivity index (χ1n) is 8.58. The second-order valence-electron chi connectivity index (χ2n) is 6.64. The quantitative estimate of drug-likeness (QED) is 0.603. The molecule has 1 aliphatic carbocycles. The molecule has 1 heterocycles. The molecule has 2 aromatic carbocycles. The molecule has 1 fully saturated rings. The van der Waals surface area contributed by atoms with E-state index in [-0.39, 0.29) is 17.9 Å². The number of aromatic hydroxyl groups is 1. The summed E-state index contributed by atoms with van der Waals surface area (Å²) >= 11 is 0. The number of carbonyl (C=O) groups excluding carboxylic acids is 1. The van der Waals surface area contributed by atoms with Crippen LogP contribution in [0.1, 0.15) is 12.8 Å². The number of H-pyrrole nitrogens is 1. The number of ether oxygens (including phenoxy) is 1. The van der Waals surface area contributed by atoms with E-state index in [0.29, 0.717) is 18.6 Å². The molecule has 1 aromatic heterocycles. The zero-order valence-corrected chi connectivity index (χ0v) is 14.4. The van der Waals surface area contributed by atoms with Gasteiger partial charge >= 0.3 is 0 Å². The second-order valence-corrected chi connectivity index (χ2v) is 6.64. The standard InChI is InChI=1S/C20H18FN3O3/c1-11(21)20(26)23-14-8-16(9-14)27-19-7-13(6-18-17(19)10-22-24-18)12-2-4-15(25)5-3-12/h2-7,10,14,16,25H,1,8-9H2,(H,22,24)(H,23,26)/t14-,16-. The number of aromatic amines is 1. The summed E-state index contributed by atoms with van der Waals surface area (Å²) in [5, 5.41) is 19.9. The Hall–Kier alpha value is -3.35. The van der Waals surface area contributed by atoms with Gasteiger partial charge in [0.25, 0.3) is 5.91 Å². The van der Waals surface area contributed by atoms with Crippen LogP contribution in [0.4, 0.5) is 4.39 Å². The Morgan fingerprint density at radius 1 is 1.26 bits per heavy atom. The van der Waals surface area contributed by atoms with Crippen molar-refractivity contribution >= 4 is 16.8 Å². The van der Waals surface area contributed by atoms with Gasteiger partial charge in [-0.2, -0.15) is 5.10 Å². The first-order valence-corrected chi connectivity index (χ1v) is 8.58. The Labute approximate surface area is 154 Å². The highest BCUT2D eigenvalue weighted by atomic mass is 19.1. The van der Waals surface area contributed by atoms with E-state index in [0.717, 1.165) is 22.0 Å². The molecule has 4 rings (SSSR count). The van der Waals surface area contributed by atoms with Crippen molar-refractivity contribution in [3.05, 3.63) is 55.0 Å². The Balaban J connectivity index is 1.52. The van der Waals surface area contributed by atoms with Gasteiger partial charge in [0.2, 0.25) is 0 Å². The third kappa shape index (κ3) is 3.48. The summed E-state index contributed by atoms with van der Waals surface area (Å²) in [5.74, 6) is -0.864. The number of fused-ring (bicyclic) bond motifs is 1. The Morgan fingerprint density at radius 3 is 2.70 bits per heavy atom. The van der Waals surface area contributed by atoms with Gasteiger partial charge in [-0.15, -0.1) is 0 Å². The van der Waals surface area contributed by atoms with Crippen LogP contribution < -0.4 is 10.1 Å². The Kier molecular flexibility index (Phi) is 4.27. The van der Waals surface area contributed by atoms with Crippen LogP contribution in [0.3, 0.4) is 0 Å². The SMILES string of the molecule is C=C(F)C(=O)N[C@H]1C[C@H](Oc2cc(-c3ccc(O)cc3)cc3[nH]ncc23)C1. The van der Waals surface area contributed by atoms with Crippen LogP contribution >= 0.6 is 0 Å². The maximum absolute atomic E-state index is 12.8. The summed E-state index contributed by atoms with van der Waals surface area (Å²) in [6.45, 7) is 2.99. The smallest absolute Gasteiger partial charge is 0.279 e. The molecule has 0 spiro atoms. The van der Waals surface area contributed by atoms with Crippen molar-refractivity contribution in [3.8, 4) is 22.6 Å². The number of amides is 1. The first-order chi connectivity index (χ1) is 13.0. The van der Waals surface area contributed by atoms with E-state index < -0.39 is 11.7 Å².